The van der Waals surface area contributed by atoms with Gasteiger partial charge in [-0.15, -0.1) is 0 Å². The fourth-order valence-corrected chi connectivity index (χ4v) is 1.78. The molecular formula is C8H8N4O3. The first-order chi connectivity index (χ1) is 7.11. The van der Waals surface area contributed by atoms with E-state index in [2.05, 4.69) is 4.98 Å². The second kappa shape index (κ2) is 2.30. The molecule has 7 heteroatoms. The Morgan fingerprint density at radius 3 is 2.73 bits per heavy atom. The van der Waals surface area contributed by atoms with E-state index in [-0.39, 0.29) is 12.3 Å². The van der Waals surface area contributed by atoms with Crippen LogP contribution in [0.2, 0.25) is 0 Å². The van der Waals surface area contributed by atoms with E-state index in [1.165, 1.54) is 11.6 Å². The van der Waals surface area contributed by atoms with Crippen LogP contribution in [-0.4, -0.2) is 18.7 Å². The minimum absolute atomic E-state index is 0.110. The second-order valence-corrected chi connectivity index (χ2v) is 3.47. The van der Waals surface area contributed by atoms with Gasteiger partial charge in [-0.3, -0.25) is 13.9 Å². The van der Waals surface area contributed by atoms with Crippen LogP contribution in [0.25, 0.3) is 11.2 Å². The highest BCUT2D eigenvalue weighted by molar-refractivity contribution is 5.72. The van der Waals surface area contributed by atoms with Crippen LogP contribution in [0.1, 0.15) is 0 Å². The summed E-state index contributed by atoms with van der Waals surface area (Å²) >= 11 is 0. The molecule has 0 N–H and O–H groups in total. The largest absolute Gasteiger partial charge is 0.443 e. The number of imidazole rings is 1. The number of fused-ring (bicyclic) bond motifs is 1. The molecule has 2 aromatic heterocycles. The van der Waals surface area contributed by atoms with Crippen LogP contribution in [-0.2, 0) is 20.8 Å². The number of ether oxygens (including phenoxy) is 1. The van der Waals surface area contributed by atoms with E-state index in [1.807, 2.05) is 0 Å². The third kappa shape index (κ3) is 0.780. The number of rotatable bonds is 0. The maximum absolute atomic E-state index is 11.8. The number of aromatic nitrogens is 4. The molecule has 1 aliphatic rings. The second-order valence-electron chi connectivity index (χ2n) is 3.47. The van der Waals surface area contributed by atoms with Gasteiger partial charge in [-0.1, -0.05) is 0 Å². The van der Waals surface area contributed by atoms with Gasteiger partial charge >= 0.3 is 5.69 Å². The van der Waals surface area contributed by atoms with Crippen LogP contribution in [0.3, 0.4) is 0 Å². The molecule has 78 valence electrons. The maximum atomic E-state index is 11.8. The molecular weight excluding hydrogens is 200 g/mol. The third-order valence-corrected chi connectivity index (χ3v) is 2.64. The van der Waals surface area contributed by atoms with Gasteiger partial charge in [0.1, 0.15) is 0 Å². The summed E-state index contributed by atoms with van der Waals surface area (Å²) in [5.74, 6) is 0. The minimum Gasteiger partial charge on any atom is -0.443 e. The van der Waals surface area contributed by atoms with Gasteiger partial charge in [-0.2, -0.15) is 4.98 Å². The molecule has 0 radical (unpaired) electrons. The smallest absolute Gasteiger partial charge is 0.335 e. The molecule has 0 aromatic carbocycles. The quantitative estimate of drug-likeness (QED) is 0.544. The standard InChI is InChI=1S/C8H8N4O3/c1-10-4-5-9-7(10)15-3-12(5)8(14)11(2)6(4)13/h3H2,1-2H3. The predicted octanol–water partition coefficient (Wildman–Crippen LogP) is -1.22. The van der Waals surface area contributed by atoms with Crippen molar-refractivity contribution < 1.29 is 4.74 Å². The highest BCUT2D eigenvalue weighted by atomic mass is 16.5. The molecule has 2 bridgehead atoms. The lowest BCUT2D eigenvalue weighted by Gasteiger charge is -2.09. The molecule has 0 saturated carbocycles. The van der Waals surface area contributed by atoms with Crippen LogP contribution in [0, 0.1) is 0 Å². The molecule has 2 aromatic rings. The Labute approximate surface area is 83.1 Å². The first-order valence-electron chi connectivity index (χ1n) is 4.40. The topological polar surface area (TPSA) is 71.0 Å². The molecule has 0 fully saturated rings. The van der Waals surface area contributed by atoms with Gasteiger partial charge < -0.3 is 4.74 Å². The summed E-state index contributed by atoms with van der Waals surface area (Å²) in [6.07, 6.45) is 0. The van der Waals surface area contributed by atoms with Gasteiger partial charge in [0, 0.05) is 14.1 Å². The first-order valence-corrected chi connectivity index (χ1v) is 4.40. The van der Waals surface area contributed by atoms with Crippen LogP contribution >= 0.6 is 0 Å². The lowest BCUT2D eigenvalue weighted by Crippen LogP contribution is -2.39. The van der Waals surface area contributed by atoms with Crippen molar-refractivity contribution in [3.8, 4) is 6.01 Å². The summed E-state index contributed by atoms with van der Waals surface area (Å²) in [4.78, 5) is 27.5. The Balaban J connectivity index is 2.76. The zero-order valence-electron chi connectivity index (χ0n) is 8.22. The third-order valence-electron chi connectivity index (χ3n) is 2.64. The zero-order valence-corrected chi connectivity index (χ0v) is 8.22. The van der Waals surface area contributed by atoms with E-state index in [0.717, 1.165) is 4.57 Å². The molecule has 7 nitrogen and oxygen atoms in total. The first kappa shape index (κ1) is 8.27. The van der Waals surface area contributed by atoms with E-state index >= 15 is 0 Å². The highest BCUT2D eigenvalue weighted by Gasteiger charge is 2.23. The predicted molar refractivity (Wildman–Crippen MR) is 50.8 cm³/mol. The fraction of sp³-hybridized carbons (Fsp3) is 0.375. The maximum Gasteiger partial charge on any atom is 0.335 e. The molecule has 0 unspecified atom stereocenters. The van der Waals surface area contributed by atoms with E-state index in [9.17, 15) is 9.59 Å². The van der Waals surface area contributed by atoms with E-state index in [1.54, 1.807) is 11.6 Å². The molecule has 3 rings (SSSR count). The number of aryl methyl sites for hydroxylation is 1. The average Bonchev–Trinajstić information content (AvgIpc) is 2.50. The Bertz CT molecular complexity index is 690. The Morgan fingerprint density at radius 2 is 2.00 bits per heavy atom. The normalized spacial score (nSPS) is 13.5. The monoisotopic (exact) mass is 208 g/mol. The van der Waals surface area contributed by atoms with Gasteiger partial charge in [0.15, 0.2) is 17.9 Å². The Hall–Kier alpha value is -2.05. The van der Waals surface area contributed by atoms with Crippen LogP contribution in [0.4, 0.5) is 0 Å². The van der Waals surface area contributed by atoms with Gasteiger partial charge in [0.05, 0.1) is 0 Å². The summed E-state index contributed by atoms with van der Waals surface area (Å²) in [6.45, 7) is 0.110. The summed E-state index contributed by atoms with van der Waals surface area (Å²) in [5, 5.41) is 0. The van der Waals surface area contributed by atoms with Crippen LogP contribution in [0.5, 0.6) is 6.01 Å². The summed E-state index contributed by atoms with van der Waals surface area (Å²) in [6, 6.07) is 0.368. The van der Waals surface area contributed by atoms with E-state index in [0.29, 0.717) is 17.2 Å². The van der Waals surface area contributed by atoms with E-state index < -0.39 is 5.69 Å². The van der Waals surface area contributed by atoms with Gasteiger partial charge in [0.25, 0.3) is 11.6 Å². The van der Waals surface area contributed by atoms with Crippen molar-refractivity contribution in [3.05, 3.63) is 20.8 Å². The van der Waals surface area contributed by atoms with Gasteiger partial charge in [-0.25, -0.2) is 9.36 Å². The zero-order chi connectivity index (χ0) is 10.7. The van der Waals surface area contributed by atoms with Crippen molar-refractivity contribution in [1.29, 1.82) is 0 Å². The summed E-state index contributed by atoms with van der Waals surface area (Å²) in [7, 11) is 3.13. The Kier molecular flexibility index (Phi) is 1.27. The number of hydrogen-bond donors (Lipinski definition) is 0. The highest BCUT2D eigenvalue weighted by Crippen LogP contribution is 2.19. The molecule has 15 heavy (non-hydrogen) atoms. The minimum atomic E-state index is -0.406. The van der Waals surface area contributed by atoms with Crippen LogP contribution in [0.15, 0.2) is 9.59 Å². The van der Waals surface area contributed by atoms with E-state index in [4.69, 9.17) is 4.74 Å². The Morgan fingerprint density at radius 1 is 1.27 bits per heavy atom. The number of hydrogen-bond acceptors (Lipinski definition) is 4. The van der Waals surface area contributed by atoms with Gasteiger partial charge in [-0.05, 0) is 0 Å². The van der Waals surface area contributed by atoms with Crippen LogP contribution < -0.4 is 16.0 Å². The van der Waals surface area contributed by atoms with Crippen molar-refractivity contribution >= 4 is 11.2 Å². The molecule has 0 amide bonds. The molecule has 0 spiro atoms. The number of nitrogens with zero attached hydrogens (tertiary/aromatic N) is 4. The van der Waals surface area contributed by atoms with Crippen molar-refractivity contribution in [3.63, 3.8) is 0 Å². The molecule has 0 atom stereocenters. The van der Waals surface area contributed by atoms with Crippen molar-refractivity contribution in [2.75, 3.05) is 0 Å². The fourth-order valence-electron chi connectivity index (χ4n) is 1.78. The van der Waals surface area contributed by atoms with Crippen molar-refractivity contribution in [1.82, 2.24) is 18.7 Å². The summed E-state index contributed by atoms with van der Waals surface area (Å²) in [5.41, 5.74) is 0.0336. The van der Waals surface area contributed by atoms with Crippen molar-refractivity contribution in [2.45, 2.75) is 6.73 Å². The molecule has 1 aliphatic heterocycles. The molecule has 0 aliphatic carbocycles. The average molecular weight is 208 g/mol. The lowest BCUT2D eigenvalue weighted by molar-refractivity contribution is 0.201. The van der Waals surface area contributed by atoms with Gasteiger partial charge in [0.2, 0.25) is 0 Å². The SMILES string of the molecule is Cn1c(=O)c2c3nc(n2C)OCn3c1=O. The lowest BCUT2D eigenvalue weighted by atomic mass is 10.5. The molecule has 3 heterocycles. The molecule has 0 saturated heterocycles. The summed E-state index contributed by atoms with van der Waals surface area (Å²) < 4.78 is 9.17. The van der Waals surface area contributed by atoms with Crippen molar-refractivity contribution in [2.24, 2.45) is 14.1 Å².